The Morgan fingerprint density at radius 2 is 1.66 bits per heavy atom. The number of nitrogens with one attached hydrogen (secondary N) is 1. The predicted octanol–water partition coefficient (Wildman–Crippen LogP) is 3.38. The maximum atomic E-state index is 12.5. The molecule has 1 heterocycles. The van der Waals surface area contributed by atoms with Crippen LogP contribution in [0.25, 0.3) is 0 Å². The lowest BCUT2D eigenvalue weighted by Gasteiger charge is -2.15. The number of benzene rings is 2. The molecule has 3 rings (SSSR count). The molecule has 0 saturated heterocycles. The minimum atomic E-state index is -3.98. The van der Waals surface area contributed by atoms with Gasteiger partial charge in [-0.2, -0.15) is 0 Å². The first-order valence-electron chi connectivity index (χ1n) is 9.64. The van der Waals surface area contributed by atoms with Crippen molar-refractivity contribution >= 4 is 51.0 Å². The van der Waals surface area contributed by atoms with Crippen LogP contribution in [0.4, 0.5) is 0 Å². The highest BCUT2D eigenvalue weighted by atomic mass is 35.5. The fourth-order valence-electron chi connectivity index (χ4n) is 3.00. The highest BCUT2D eigenvalue weighted by molar-refractivity contribution is 7.89. The number of carbonyl (C=O) groups is 3. The van der Waals surface area contributed by atoms with Crippen LogP contribution in [0.15, 0.2) is 41.3 Å². The van der Waals surface area contributed by atoms with Crippen molar-refractivity contribution < 1.29 is 27.5 Å². The number of fused-ring (bicyclic) bond motifs is 1. The minimum Gasteiger partial charge on any atom is -0.460 e. The summed E-state index contributed by atoms with van der Waals surface area (Å²) in [6.07, 6.45) is 0. The summed E-state index contributed by atoms with van der Waals surface area (Å²) in [6, 6.07) is 8.58. The van der Waals surface area contributed by atoms with E-state index in [2.05, 4.69) is 4.72 Å². The van der Waals surface area contributed by atoms with Crippen LogP contribution < -0.4 is 4.72 Å². The number of carbonyl (C=O) groups excluding carboxylic acids is 3. The number of hydrogen-bond donors (Lipinski definition) is 1. The van der Waals surface area contributed by atoms with Crippen LogP contribution in [0.5, 0.6) is 0 Å². The Balaban J connectivity index is 1.71. The number of nitrogens with zero attached hydrogens (tertiary/aromatic N) is 1. The molecule has 2 aromatic rings. The molecular formula is C21H20Cl2N2O6S. The number of rotatable bonds is 8. The SMILES string of the molecule is CC(C)CNS(=O)(=O)c1cc(C(=O)OCCN2C(=O)c3ccccc3C2=O)c(Cl)cc1Cl. The van der Waals surface area contributed by atoms with Gasteiger partial charge in [0, 0.05) is 6.54 Å². The number of imide groups is 1. The van der Waals surface area contributed by atoms with Crippen molar-refractivity contribution in [2.45, 2.75) is 18.7 Å². The monoisotopic (exact) mass is 498 g/mol. The molecule has 1 N–H and O–H groups in total. The molecule has 32 heavy (non-hydrogen) atoms. The van der Waals surface area contributed by atoms with E-state index in [1.807, 2.05) is 13.8 Å². The van der Waals surface area contributed by atoms with Crippen LogP contribution in [0.1, 0.15) is 44.9 Å². The van der Waals surface area contributed by atoms with E-state index in [1.165, 1.54) is 0 Å². The van der Waals surface area contributed by atoms with E-state index in [4.69, 9.17) is 27.9 Å². The second-order valence-electron chi connectivity index (χ2n) is 7.45. The zero-order valence-electron chi connectivity index (χ0n) is 17.2. The molecule has 0 aliphatic carbocycles. The number of sulfonamides is 1. The van der Waals surface area contributed by atoms with Crippen molar-refractivity contribution in [2.24, 2.45) is 5.92 Å². The van der Waals surface area contributed by atoms with Gasteiger partial charge in [-0.15, -0.1) is 0 Å². The lowest BCUT2D eigenvalue weighted by molar-refractivity contribution is 0.0420. The highest BCUT2D eigenvalue weighted by Gasteiger charge is 2.35. The summed E-state index contributed by atoms with van der Waals surface area (Å²) in [4.78, 5) is 37.9. The second kappa shape index (κ2) is 9.58. The Hall–Kier alpha value is -2.46. The first kappa shape index (κ1) is 24.2. The molecule has 8 nitrogen and oxygen atoms in total. The van der Waals surface area contributed by atoms with Crippen LogP contribution >= 0.6 is 23.2 Å². The standard InChI is InChI=1S/C21H20Cl2N2O6S/c1-12(2)11-24-32(29,30)18-9-15(16(22)10-17(18)23)21(28)31-8-7-25-19(26)13-5-3-4-6-14(13)20(25)27/h3-6,9-10,12,24H,7-8,11H2,1-2H3. The summed E-state index contributed by atoms with van der Waals surface area (Å²) in [5, 5.41) is -0.239. The Morgan fingerprint density at radius 1 is 1.06 bits per heavy atom. The number of amides is 2. The smallest absolute Gasteiger partial charge is 0.339 e. The summed E-state index contributed by atoms with van der Waals surface area (Å²) in [5.74, 6) is -1.81. The van der Waals surface area contributed by atoms with Crippen molar-refractivity contribution in [1.29, 1.82) is 0 Å². The second-order valence-corrected chi connectivity index (χ2v) is 10.0. The molecule has 0 saturated carbocycles. The third kappa shape index (κ3) is 4.96. The normalized spacial score (nSPS) is 13.6. The minimum absolute atomic E-state index is 0.0578. The van der Waals surface area contributed by atoms with E-state index in [0.717, 1.165) is 17.0 Å². The highest BCUT2D eigenvalue weighted by Crippen LogP contribution is 2.29. The molecule has 0 spiro atoms. The first-order chi connectivity index (χ1) is 15.0. The van der Waals surface area contributed by atoms with Gasteiger partial charge in [-0.25, -0.2) is 17.9 Å². The van der Waals surface area contributed by atoms with Gasteiger partial charge < -0.3 is 4.74 Å². The maximum absolute atomic E-state index is 12.5. The molecule has 1 aliphatic rings. The first-order valence-corrected chi connectivity index (χ1v) is 11.9. The van der Waals surface area contributed by atoms with Crippen LogP contribution in [-0.4, -0.2) is 50.8 Å². The average molecular weight is 499 g/mol. The van der Waals surface area contributed by atoms with Gasteiger partial charge in [0.1, 0.15) is 11.5 Å². The summed E-state index contributed by atoms with van der Waals surface area (Å²) in [6.45, 7) is 3.40. The summed E-state index contributed by atoms with van der Waals surface area (Å²) in [7, 11) is -3.98. The quantitative estimate of drug-likeness (QED) is 0.441. The third-order valence-electron chi connectivity index (χ3n) is 4.64. The fraction of sp³-hybridized carbons (Fsp3) is 0.286. The Kier molecular flexibility index (Phi) is 7.24. The summed E-state index contributed by atoms with van der Waals surface area (Å²) < 4.78 is 32.6. The topological polar surface area (TPSA) is 110 Å². The molecule has 1 aliphatic heterocycles. The van der Waals surface area contributed by atoms with Gasteiger partial charge in [-0.3, -0.25) is 14.5 Å². The van der Waals surface area contributed by atoms with Gasteiger partial charge in [0.05, 0.1) is 33.3 Å². The van der Waals surface area contributed by atoms with E-state index < -0.39 is 27.8 Å². The Bertz CT molecular complexity index is 1160. The number of esters is 1. The van der Waals surface area contributed by atoms with Crippen molar-refractivity contribution in [2.75, 3.05) is 19.7 Å². The fourth-order valence-corrected chi connectivity index (χ4v) is 5.06. The van der Waals surface area contributed by atoms with Crippen LogP contribution in [0.3, 0.4) is 0 Å². The van der Waals surface area contributed by atoms with E-state index >= 15 is 0 Å². The van der Waals surface area contributed by atoms with E-state index in [0.29, 0.717) is 0 Å². The van der Waals surface area contributed by atoms with Gasteiger partial charge in [0.15, 0.2) is 0 Å². The molecule has 0 bridgehead atoms. The molecule has 2 aromatic carbocycles. The van der Waals surface area contributed by atoms with Crippen molar-refractivity contribution in [3.63, 3.8) is 0 Å². The molecule has 0 atom stereocenters. The Morgan fingerprint density at radius 3 is 2.22 bits per heavy atom. The molecule has 0 unspecified atom stereocenters. The van der Waals surface area contributed by atoms with Crippen molar-refractivity contribution in [3.8, 4) is 0 Å². The van der Waals surface area contributed by atoms with Crippen LogP contribution in [0, 0.1) is 5.92 Å². The van der Waals surface area contributed by atoms with Gasteiger partial charge in [0.25, 0.3) is 11.8 Å². The lowest BCUT2D eigenvalue weighted by Crippen LogP contribution is -2.33. The lowest BCUT2D eigenvalue weighted by atomic mass is 10.1. The largest absolute Gasteiger partial charge is 0.460 e. The molecule has 170 valence electrons. The van der Waals surface area contributed by atoms with E-state index in [9.17, 15) is 22.8 Å². The molecule has 2 amide bonds. The van der Waals surface area contributed by atoms with Crippen molar-refractivity contribution in [3.05, 3.63) is 63.1 Å². The Labute approximate surface area is 195 Å². The van der Waals surface area contributed by atoms with Crippen LogP contribution in [0.2, 0.25) is 10.0 Å². The zero-order chi connectivity index (χ0) is 23.6. The zero-order valence-corrected chi connectivity index (χ0v) is 19.6. The van der Waals surface area contributed by atoms with E-state index in [-0.39, 0.29) is 57.2 Å². The summed E-state index contributed by atoms with van der Waals surface area (Å²) >= 11 is 12.1. The van der Waals surface area contributed by atoms with Gasteiger partial charge in [-0.1, -0.05) is 49.2 Å². The third-order valence-corrected chi connectivity index (χ3v) is 6.84. The predicted molar refractivity (Wildman–Crippen MR) is 119 cm³/mol. The van der Waals surface area contributed by atoms with Gasteiger partial charge in [0.2, 0.25) is 10.0 Å². The number of halogens is 2. The van der Waals surface area contributed by atoms with E-state index in [1.54, 1.807) is 24.3 Å². The van der Waals surface area contributed by atoms with Crippen molar-refractivity contribution in [1.82, 2.24) is 9.62 Å². The average Bonchev–Trinajstić information content (AvgIpc) is 2.97. The molecule has 0 radical (unpaired) electrons. The number of hydrogen-bond acceptors (Lipinski definition) is 6. The molecule has 0 aromatic heterocycles. The maximum Gasteiger partial charge on any atom is 0.339 e. The summed E-state index contributed by atoms with van der Waals surface area (Å²) in [5.41, 5.74) is 0.366. The van der Waals surface area contributed by atoms with Crippen LogP contribution in [-0.2, 0) is 14.8 Å². The van der Waals surface area contributed by atoms with Gasteiger partial charge >= 0.3 is 5.97 Å². The molecule has 11 heteroatoms. The molecule has 0 fully saturated rings. The number of ether oxygens (including phenoxy) is 1. The van der Waals surface area contributed by atoms with Gasteiger partial charge in [-0.05, 0) is 30.2 Å². The molecular weight excluding hydrogens is 479 g/mol.